The molecule has 2 aromatic rings. The number of allylic oxidation sites excluding steroid dienone is 1. The van der Waals surface area contributed by atoms with Crippen LogP contribution in [0.2, 0.25) is 0 Å². The van der Waals surface area contributed by atoms with Gasteiger partial charge in [0, 0.05) is 48.2 Å². The molecular weight excluding hydrogens is 433 g/mol. The summed E-state index contributed by atoms with van der Waals surface area (Å²) < 4.78 is 51.1. The van der Waals surface area contributed by atoms with E-state index in [1.165, 1.54) is 6.07 Å². The average Bonchev–Trinajstić information content (AvgIpc) is 2.76. The summed E-state index contributed by atoms with van der Waals surface area (Å²) in [6, 6.07) is 8.22. The topological polar surface area (TPSA) is 58.7 Å². The van der Waals surface area contributed by atoms with Crippen molar-refractivity contribution in [2.75, 3.05) is 36.5 Å². The molecule has 0 saturated carbocycles. The van der Waals surface area contributed by atoms with E-state index in [4.69, 9.17) is 9.47 Å². The molecule has 0 spiro atoms. The van der Waals surface area contributed by atoms with Crippen LogP contribution in [-0.2, 0) is 6.18 Å². The normalized spacial score (nSPS) is 20.7. The summed E-state index contributed by atoms with van der Waals surface area (Å²) in [7, 11) is 0. The predicted octanol–water partition coefficient (Wildman–Crippen LogP) is 4.70. The summed E-state index contributed by atoms with van der Waals surface area (Å²) in [4.78, 5) is 5.89. The Labute approximate surface area is 191 Å². The lowest BCUT2D eigenvalue weighted by Crippen LogP contribution is -2.54. The largest absolute Gasteiger partial charge is 0.486 e. The van der Waals surface area contributed by atoms with Gasteiger partial charge in [0.2, 0.25) is 0 Å². The number of nitrogens with one attached hydrogen (secondary N) is 2. The molecule has 2 aliphatic heterocycles. The zero-order valence-electron chi connectivity index (χ0n) is 18.6. The highest BCUT2D eigenvalue weighted by Crippen LogP contribution is 2.34. The van der Waals surface area contributed by atoms with E-state index in [0.29, 0.717) is 54.9 Å². The van der Waals surface area contributed by atoms with Gasteiger partial charge in [0.05, 0.1) is 0 Å². The highest BCUT2D eigenvalue weighted by Gasteiger charge is 2.34. The molecule has 0 amide bonds. The molecule has 3 heterocycles. The average molecular weight is 461 g/mol. The maximum atomic E-state index is 13.3. The van der Waals surface area contributed by atoms with Crippen molar-refractivity contribution in [3.63, 3.8) is 0 Å². The molecule has 0 bridgehead atoms. The molecule has 9 heteroatoms. The lowest BCUT2D eigenvalue weighted by molar-refractivity contribution is -0.141. The quantitative estimate of drug-likeness (QED) is 0.631. The van der Waals surface area contributed by atoms with E-state index in [0.717, 1.165) is 11.8 Å². The zero-order valence-corrected chi connectivity index (χ0v) is 18.6. The third-order valence-corrected chi connectivity index (χ3v) is 5.36. The molecule has 2 atom stereocenters. The van der Waals surface area contributed by atoms with Crippen molar-refractivity contribution in [3.8, 4) is 11.5 Å². The number of hydrogen-bond acceptors (Lipinski definition) is 6. The molecule has 6 nitrogen and oxygen atoms in total. The number of piperazine rings is 1. The van der Waals surface area contributed by atoms with Gasteiger partial charge in [0.15, 0.2) is 11.5 Å². The highest BCUT2D eigenvalue weighted by atomic mass is 19.4. The fourth-order valence-corrected chi connectivity index (χ4v) is 4.04. The number of alkyl halides is 3. The first-order valence-electron chi connectivity index (χ1n) is 10.8. The van der Waals surface area contributed by atoms with Gasteiger partial charge in [-0.1, -0.05) is 6.58 Å². The molecule has 1 aromatic carbocycles. The van der Waals surface area contributed by atoms with E-state index >= 15 is 0 Å². The molecular formula is C24H27F3N4O2. The Balaban J connectivity index is 1.55. The zero-order chi connectivity index (χ0) is 23.6. The van der Waals surface area contributed by atoms with Gasteiger partial charge in [-0.05, 0) is 50.3 Å². The molecule has 0 radical (unpaired) electrons. The summed E-state index contributed by atoms with van der Waals surface area (Å²) in [5, 5.41) is 6.56. The van der Waals surface area contributed by atoms with E-state index in [9.17, 15) is 13.2 Å². The van der Waals surface area contributed by atoms with Gasteiger partial charge in [-0.3, -0.25) is 0 Å². The molecule has 2 aliphatic rings. The fraction of sp³-hybridized carbons (Fsp3) is 0.375. The number of ether oxygens (including phenoxy) is 2. The Morgan fingerprint density at radius 1 is 1.12 bits per heavy atom. The van der Waals surface area contributed by atoms with Crippen molar-refractivity contribution in [3.05, 3.63) is 59.9 Å². The van der Waals surface area contributed by atoms with E-state index in [-0.39, 0.29) is 12.1 Å². The van der Waals surface area contributed by atoms with E-state index in [2.05, 4.69) is 22.2 Å². The molecule has 2 unspecified atom stereocenters. The number of benzene rings is 1. The van der Waals surface area contributed by atoms with Crippen LogP contribution in [0.1, 0.15) is 25.1 Å². The Morgan fingerprint density at radius 3 is 2.52 bits per heavy atom. The Hall–Kier alpha value is -3.20. The minimum Gasteiger partial charge on any atom is -0.486 e. The monoisotopic (exact) mass is 460 g/mol. The van der Waals surface area contributed by atoms with Crippen molar-refractivity contribution < 1.29 is 22.6 Å². The molecule has 0 aliphatic carbocycles. The minimum absolute atomic E-state index is 0.133. The molecule has 1 fully saturated rings. The van der Waals surface area contributed by atoms with Crippen LogP contribution in [0.15, 0.2) is 48.7 Å². The maximum absolute atomic E-state index is 13.3. The Morgan fingerprint density at radius 2 is 1.82 bits per heavy atom. The summed E-state index contributed by atoms with van der Waals surface area (Å²) in [6.07, 6.45) is -1.06. The second-order valence-electron chi connectivity index (χ2n) is 8.32. The number of nitrogens with zero attached hydrogens (tertiary/aromatic N) is 2. The van der Waals surface area contributed by atoms with Gasteiger partial charge in [-0.25, -0.2) is 4.98 Å². The van der Waals surface area contributed by atoms with Crippen molar-refractivity contribution in [1.29, 1.82) is 0 Å². The van der Waals surface area contributed by atoms with Gasteiger partial charge in [-0.15, -0.1) is 0 Å². The van der Waals surface area contributed by atoms with Crippen LogP contribution in [-0.4, -0.2) is 43.4 Å². The maximum Gasteiger partial charge on any atom is 0.433 e. The standard InChI is InChI=1S/C24H27F3N4O2/c1-15(29-19-7-8-20-21(12-19)33-11-10-32-20)4-5-18-6-9-22(24(25,26)27)30-23(18)31-13-16(2)28-17(3)14-31/h4-9,12,16-17,28-29H,1,10-11,13-14H2,2-3H3/b5-4+. The highest BCUT2D eigenvalue weighted by molar-refractivity contribution is 5.68. The Bertz CT molecular complexity index is 1040. The summed E-state index contributed by atoms with van der Waals surface area (Å²) >= 11 is 0. The first-order chi connectivity index (χ1) is 15.7. The second-order valence-corrected chi connectivity index (χ2v) is 8.32. The van der Waals surface area contributed by atoms with Crippen LogP contribution in [0.4, 0.5) is 24.7 Å². The van der Waals surface area contributed by atoms with Gasteiger partial charge >= 0.3 is 6.18 Å². The number of halogens is 3. The first kappa shape index (κ1) is 23.0. The van der Waals surface area contributed by atoms with Crippen LogP contribution in [0.3, 0.4) is 0 Å². The molecule has 176 valence electrons. The van der Waals surface area contributed by atoms with Crippen molar-refractivity contribution >= 4 is 17.6 Å². The van der Waals surface area contributed by atoms with E-state index < -0.39 is 11.9 Å². The molecule has 1 saturated heterocycles. The Kier molecular flexibility index (Phi) is 6.51. The van der Waals surface area contributed by atoms with Crippen LogP contribution in [0, 0.1) is 0 Å². The summed E-state index contributed by atoms with van der Waals surface area (Å²) in [5.41, 5.74) is 1.03. The number of fused-ring (bicyclic) bond motifs is 1. The lowest BCUT2D eigenvalue weighted by atomic mass is 10.1. The van der Waals surface area contributed by atoms with Crippen LogP contribution in [0.25, 0.3) is 6.08 Å². The SMILES string of the molecule is C=C(/C=C/c1ccc(C(F)(F)F)nc1N1CC(C)NC(C)C1)Nc1ccc2c(c1)OCCO2. The van der Waals surface area contributed by atoms with Gasteiger partial charge in [-0.2, -0.15) is 13.2 Å². The number of rotatable bonds is 5. The summed E-state index contributed by atoms with van der Waals surface area (Å²) in [6.45, 7) is 10.2. The van der Waals surface area contributed by atoms with Crippen molar-refractivity contribution in [2.24, 2.45) is 0 Å². The van der Waals surface area contributed by atoms with Crippen LogP contribution in [0.5, 0.6) is 11.5 Å². The minimum atomic E-state index is -4.51. The van der Waals surface area contributed by atoms with Crippen molar-refractivity contribution in [2.45, 2.75) is 32.1 Å². The van der Waals surface area contributed by atoms with E-state index in [1.807, 2.05) is 36.9 Å². The smallest absolute Gasteiger partial charge is 0.433 e. The molecule has 1 aromatic heterocycles. The second kappa shape index (κ2) is 9.35. The number of anilines is 2. The van der Waals surface area contributed by atoms with Gasteiger partial charge < -0.3 is 25.0 Å². The first-order valence-corrected chi connectivity index (χ1v) is 10.8. The third kappa shape index (κ3) is 5.60. The van der Waals surface area contributed by atoms with Gasteiger partial charge in [0.1, 0.15) is 24.7 Å². The summed E-state index contributed by atoms with van der Waals surface area (Å²) in [5.74, 6) is 1.65. The molecule has 4 rings (SSSR count). The molecule has 2 N–H and O–H groups in total. The van der Waals surface area contributed by atoms with Crippen LogP contribution >= 0.6 is 0 Å². The van der Waals surface area contributed by atoms with E-state index in [1.54, 1.807) is 12.2 Å². The molecule has 33 heavy (non-hydrogen) atoms. The van der Waals surface area contributed by atoms with Crippen LogP contribution < -0.4 is 25.0 Å². The number of pyridine rings is 1. The predicted molar refractivity (Wildman–Crippen MR) is 123 cm³/mol. The van der Waals surface area contributed by atoms with Crippen molar-refractivity contribution in [1.82, 2.24) is 10.3 Å². The third-order valence-electron chi connectivity index (χ3n) is 5.36. The lowest BCUT2D eigenvalue weighted by Gasteiger charge is -2.37. The number of hydrogen-bond donors (Lipinski definition) is 2. The van der Waals surface area contributed by atoms with Gasteiger partial charge in [0.25, 0.3) is 0 Å². The fourth-order valence-electron chi connectivity index (χ4n) is 4.04. The number of aromatic nitrogens is 1.